The highest BCUT2D eigenvalue weighted by molar-refractivity contribution is 5.26. The van der Waals surface area contributed by atoms with Crippen LogP contribution in [0.2, 0.25) is 0 Å². The second kappa shape index (κ2) is 5.81. The van der Waals surface area contributed by atoms with Gasteiger partial charge < -0.3 is 0 Å². The molecule has 1 aliphatic heterocycles. The number of benzene rings is 1. The fraction of sp³-hybridized carbons (Fsp3) is 0.600. The molecule has 0 aliphatic carbocycles. The molecule has 3 heteroatoms. The largest absolute Gasteiger partial charge is 0.250 e. The molecule has 2 rings (SSSR count). The van der Waals surface area contributed by atoms with Crippen LogP contribution in [-0.2, 0) is 6.54 Å². The standard InChI is InChI=1S/C15H23FN2/c1-11-7-8-15(16)9-14(11)10-17-18-12(2)5-4-6-13(18)3/h7-9,12-13,17H,4-6,10H2,1-3H3. The molecular weight excluding hydrogens is 227 g/mol. The second-order valence-corrected chi connectivity index (χ2v) is 5.44. The van der Waals surface area contributed by atoms with Crippen molar-refractivity contribution >= 4 is 0 Å². The molecule has 18 heavy (non-hydrogen) atoms. The number of nitrogens with one attached hydrogen (secondary N) is 1. The van der Waals surface area contributed by atoms with Crippen LogP contribution in [0.5, 0.6) is 0 Å². The summed E-state index contributed by atoms with van der Waals surface area (Å²) < 4.78 is 13.2. The van der Waals surface area contributed by atoms with Crippen LogP contribution >= 0.6 is 0 Å². The number of hydrazine groups is 1. The Kier molecular flexibility index (Phi) is 4.36. The highest BCUT2D eigenvalue weighted by Crippen LogP contribution is 2.21. The minimum atomic E-state index is -0.155. The second-order valence-electron chi connectivity index (χ2n) is 5.44. The number of halogens is 1. The van der Waals surface area contributed by atoms with Gasteiger partial charge >= 0.3 is 0 Å². The Morgan fingerprint density at radius 3 is 2.61 bits per heavy atom. The van der Waals surface area contributed by atoms with Gasteiger partial charge in [0, 0.05) is 18.6 Å². The van der Waals surface area contributed by atoms with E-state index >= 15 is 0 Å². The normalized spacial score (nSPS) is 25.3. The first-order valence-corrected chi connectivity index (χ1v) is 6.85. The number of hydrogen-bond acceptors (Lipinski definition) is 2. The summed E-state index contributed by atoms with van der Waals surface area (Å²) in [5, 5.41) is 2.33. The summed E-state index contributed by atoms with van der Waals surface area (Å²) in [6, 6.07) is 6.10. The Balaban J connectivity index is 1.99. The lowest BCUT2D eigenvalue weighted by Crippen LogP contribution is -2.51. The maximum Gasteiger partial charge on any atom is 0.123 e. The summed E-state index contributed by atoms with van der Waals surface area (Å²) in [5.41, 5.74) is 5.65. The van der Waals surface area contributed by atoms with Crippen molar-refractivity contribution in [2.24, 2.45) is 0 Å². The van der Waals surface area contributed by atoms with Crippen LogP contribution in [0.15, 0.2) is 18.2 Å². The van der Waals surface area contributed by atoms with Crippen LogP contribution < -0.4 is 5.43 Å². The van der Waals surface area contributed by atoms with Gasteiger partial charge in [0.25, 0.3) is 0 Å². The molecule has 100 valence electrons. The third-order valence-electron chi connectivity index (χ3n) is 3.96. The van der Waals surface area contributed by atoms with Crippen LogP contribution in [0.25, 0.3) is 0 Å². The van der Waals surface area contributed by atoms with E-state index in [0.717, 1.165) is 11.1 Å². The third-order valence-corrected chi connectivity index (χ3v) is 3.96. The van der Waals surface area contributed by atoms with Crippen LogP contribution in [0.4, 0.5) is 4.39 Å². The van der Waals surface area contributed by atoms with Gasteiger partial charge in [-0.25, -0.2) is 9.40 Å². The lowest BCUT2D eigenvalue weighted by Gasteiger charge is -2.39. The summed E-state index contributed by atoms with van der Waals surface area (Å²) in [5.74, 6) is -0.155. The van der Waals surface area contributed by atoms with Gasteiger partial charge in [-0.15, -0.1) is 0 Å². The van der Waals surface area contributed by atoms with Crippen molar-refractivity contribution in [2.45, 2.75) is 58.7 Å². The monoisotopic (exact) mass is 250 g/mol. The van der Waals surface area contributed by atoms with Crippen LogP contribution in [0.1, 0.15) is 44.2 Å². The van der Waals surface area contributed by atoms with E-state index < -0.39 is 0 Å². The van der Waals surface area contributed by atoms with Crippen molar-refractivity contribution in [1.29, 1.82) is 0 Å². The van der Waals surface area contributed by atoms with Gasteiger partial charge in [-0.2, -0.15) is 0 Å². The first kappa shape index (κ1) is 13.5. The predicted molar refractivity (Wildman–Crippen MR) is 72.6 cm³/mol. The number of rotatable bonds is 3. The summed E-state index contributed by atoms with van der Waals surface area (Å²) >= 11 is 0. The smallest absolute Gasteiger partial charge is 0.123 e. The first-order chi connectivity index (χ1) is 8.58. The third kappa shape index (κ3) is 3.09. The molecule has 1 aliphatic rings. The molecule has 0 saturated carbocycles. The van der Waals surface area contributed by atoms with Gasteiger partial charge in [0.15, 0.2) is 0 Å². The molecule has 0 amide bonds. The Bertz CT molecular complexity index is 395. The predicted octanol–water partition coefficient (Wildman–Crippen LogP) is 3.40. The molecule has 1 aromatic carbocycles. The van der Waals surface area contributed by atoms with E-state index in [2.05, 4.69) is 24.3 Å². The van der Waals surface area contributed by atoms with Crippen LogP contribution in [-0.4, -0.2) is 17.1 Å². The number of aryl methyl sites for hydroxylation is 1. The van der Waals surface area contributed by atoms with Gasteiger partial charge in [0.05, 0.1) is 0 Å². The Hall–Kier alpha value is -0.930. The van der Waals surface area contributed by atoms with E-state index in [1.165, 1.54) is 25.3 Å². The lowest BCUT2D eigenvalue weighted by molar-refractivity contribution is 0.0434. The number of piperidine rings is 1. The maximum absolute atomic E-state index is 13.2. The topological polar surface area (TPSA) is 15.3 Å². The van der Waals surface area contributed by atoms with Crippen LogP contribution in [0.3, 0.4) is 0 Å². The van der Waals surface area contributed by atoms with Crippen molar-refractivity contribution in [1.82, 2.24) is 10.4 Å². The summed E-state index contributed by atoms with van der Waals surface area (Å²) in [4.78, 5) is 0. The minimum Gasteiger partial charge on any atom is -0.250 e. The van der Waals surface area contributed by atoms with E-state index in [4.69, 9.17) is 0 Å². The highest BCUT2D eigenvalue weighted by Gasteiger charge is 2.24. The maximum atomic E-state index is 13.2. The summed E-state index contributed by atoms with van der Waals surface area (Å²) in [6.45, 7) is 7.24. The van der Waals surface area contributed by atoms with E-state index in [1.807, 2.05) is 13.0 Å². The van der Waals surface area contributed by atoms with E-state index in [-0.39, 0.29) is 5.82 Å². The van der Waals surface area contributed by atoms with Crippen LogP contribution in [0, 0.1) is 12.7 Å². The average molecular weight is 250 g/mol. The van der Waals surface area contributed by atoms with E-state index in [0.29, 0.717) is 18.6 Å². The van der Waals surface area contributed by atoms with Crippen molar-refractivity contribution < 1.29 is 4.39 Å². The van der Waals surface area contributed by atoms with E-state index in [9.17, 15) is 4.39 Å². The minimum absolute atomic E-state index is 0.155. The molecule has 2 atom stereocenters. The Labute approximate surface area is 109 Å². The Morgan fingerprint density at radius 1 is 1.28 bits per heavy atom. The zero-order valence-electron chi connectivity index (χ0n) is 11.5. The van der Waals surface area contributed by atoms with Crippen molar-refractivity contribution in [3.63, 3.8) is 0 Å². The summed E-state index contributed by atoms with van der Waals surface area (Å²) in [7, 11) is 0. The molecule has 2 unspecified atom stereocenters. The molecule has 1 heterocycles. The number of hydrogen-bond donors (Lipinski definition) is 1. The van der Waals surface area contributed by atoms with Gasteiger partial charge in [0.2, 0.25) is 0 Å². The fourth-order valence-corrected chi connectivity index (χ4v) is 2.74. The fourth-order valence-electron chi connectivity index (χ4n) is 2.74. The van der Waals surface area contributed by atoms with Gasteiger partial charge in [0.1, 0.15) is 5.82 Å². The zero-order valence-corrected chi connectivity index (χ0v) is 11.5. The molecule has 0 spiro atoms. The molecule has 2 nitrogen and oxygen atoms in total. The zero-order chi connectivity index (χ0) is 13.1. The number of nitrogens with zero attached hydrogens (tertiary/aromatic N) is 1. The van der Waals surface area contributed by atoms with Crippen molar-refractivity contribution in [3.8, 4) is 0 Å². The van der Waals surface area contributed by atoms with Crippen molar-refractivity contribution in [3.05, 3.63) is 35.1 Å². The van der Waals surface area contributed by atoms with E-state index in [1.54, 1.807) is 6.07 Å². The van der Waals surface area contributed by atoms with Gasteiger partial charge in [-0.05, 0) is 56.9 Å². The molecule has 1 fully saturated rings. The molecule has 1 aromatic rings. The molecular formula is C15H23FN2. The van der Waals surface area contributed by atoms with Gasteiger partial charge in [-0.3, -0.25) is 5.43 Å². The summed E-state index contributed by atoms with van der Waals surface area (Å²) in [6.07, 6.45) is 3.78. The lowest BCUT2D eigenvalue weighted by atomic mass is 10.00. The SMILES string of the molecule is Cc1ccc(F)cc1CNN1C(C)CCCC1C. The average Bonchev–Trinajstić information content (AvgIpc) is 2.33. The highest BCUT2D eigenvalue weighted by atomic mass is 19.1. The molecule has 1 saturated heterocycles. The van der Waals surface area contributed by atoms with Crippen molar-refractivity contribution in [2.75, 3.05) is 0 Å². The quantitative estimate of drug-likeness (QED) is 0.884. The van der Waals surface area contributed by atoms with Gasteiger partial charge in [-0.1, -0.05) is 12.5 Å². The molecule has 0 bridgehead atoms. The molecule has 1 N–H and O–H groups in total. The molecule has 0 aromatic heterocycles. The molecule has 0 radical (unpaired) electrons. The first-order valence-electron chi connectivity index (χ1n) is 6.85. The Morgan fingerprint density at radius 2 is 1.94 bits per heavy atom.